The molecule has 2 saturated heterocycles. The number of hydrogen-bond acceptors (Lipinski definition) is 6. The van der Waals surface area contributed by atoms with E-state index in [1.54, 1.807) is 28.3 Å². The highest BCUT2D eigenvalue weighted by Crippen LogP contribution is 2.38. The quantitative estimate of drug-likeness (QED) is 0.725. The van der Waals surface area contributed by atoms with Crippen molar-refractivity contribution in [1.29, 1.82) is 0 Å². The van der Waals surface area contributed by atoms with E-state index in [0.29, 0.717) is 45.0 Å². The Bertz CT molecular complexity index is 679. The number of nitrogens with two attached hydrogens (primary N) is 1. The molecule has 0 aromatic carbocycles. The molecule has 2 aliphatic heterocycles. The molecule has 8 nitrogen and oxygen atoms in total. The highest BCUT2D eigenvalue weighted by molar-refractivity contribution is 6.35. The lowest BCUT2D eigenvalue weighted by Crippen LogP contribution is -2.67. The normalized spacial score (nSPS) is 22.6. The number of hydrogen-bond donors (Lipinski definition) is 1. The minimum Gasteiger partial charge on any atom is -0.337 e. The number of anilines is 1. The molecule has 2 N–H and O–H groups in total. The van der Waals surface area contributed by atoms with Gasteiger partial charge >= 0.3 is 11.8 Å². The predicted molar refractivity (Wildman–Crippen MR) is 103 cm³/mol. The number of amides is 2. The topological polar surface area (TPSA) is 95.7 Å². The molecule has 8 heteroatoms. The summed E-state index contributed by atoms with van der Waals surface area (Å²) >= 11 is 0. The molecule has 2 aliphatic rings. The fourth-order valence-corrected chi connectivity index (χ4v) is 4.70. The number of aromatic nitrogens is 2. The van der Waals surface area contributed by atoms with E-state index in [1.165, 1.54) is 0 Å². The van der Waals surface area contributed by atoms with Crippen LogP contribution in [0, 0.1) is 0 Å². The van der Waals surface area contributed by atoms with E-state index in [2.05, 4.69) is 9.97 Å². The first kappa shape index (κ1) is 19.5. The van der Waals surface area contributed by atoms with E-state index in [4.69, 9.17) is 5.73 Å². The molecule has 148 valence electrons. The van der Waals surface area contributed by atoms with Gasteiger partial charge in [-0.05, 0) is 46.6 Å². The van der Waals surface area contributed by atoms with Gasteiger partial charge in [0, 0.05) is 55.7 Å². The van der Waals surface area contributed by atoms with Gasteiger partial charge in [-0.25, -0.2) is 9.97 Å². The molecule has 0 radical (unpaired) electrons. The summed E-state index contributed by atoms with van der Waals surface area (Å²) in [6.07, 6.45) is 4.78. The van der Waals surface area contributed by atoms with Crippen molar-refractivity contribution in [3.05, 3.63) is 18.5 Å². The summed E-state index contributed by atoms with van der Waals surface area (Å²) in [6.45, 7) is 10.1. The molecule has 0 spiro atoms. The van der Waals surface area contributed by atoms with Crippen LogP contribution >= 0.6 is 0 Å². The zero-order valence-corrected chi connectivity index (χ0v) is 16.7. The zero-order valence-electron chi connectivity index (χ0n) is 16.7. The molecular formula is C19H30N6O2. The third-order valence-corrected chi connectivity index (χ3v) is 5.52. The SMILES string of the molecule is CC1(C)CC(N)CC(C)(C)N1C(=O)C(=O)N1CCN(c2ncccn2)CC1. The Morgan fingerprint density at radius 1 is 0.963 bits per heavy atom. The Balaban J connectivity index is 1.68. The lowest BCUT2D eigenvalue weighted by Gasteiger charge is -2.54. The standard InChI is InChI=1S/C19H30N6O2/c1-18(2)12-14(20)13-19(3,4)25(18)16(27)15(26)23-8-10-24(11-9-23)17-21-6-5-7-22-17/h5-7,14H,8-13,20H2,1-4H3. The lowest BCUT2D eigenvalue weighted by atomic mass is 9.77. The average Bonchev–Trinajstić information content (AvgIpc) is 2.59. The van der Waals surface area contributed by atoms with Crippen molar-refractivity contribution in [1.82, 2.24) is 19.8 Å². The maximum Gasteiger partial charge on any atom is 0.312 e. The summed E-state index contributed by atoms with van der Waals surface area (Å²) < 4.78 is 0. The molecule has 27 heavy (non-hydrogen) atoms. The van der Waals surface area contributed by atoms with E-state index >= 15 is 0 Å². The number of piperazine rings is 1. The van der Waals surface area contributed by atoms with Crippen molar-refractivity contribution in [2.45, 2.75) is 57.7 Å². The lowest BCUT2D eigenvalue weighted by molar-refractivity contribution is -0.163. The summed E-state index contributed by atoms with van der Waals surface area (Å²) in [6, 6.07) is 1.80. The summed E-state index contributed by atoms with van der Waals surface area (Å²) in [7, 11) is 0. The Kier molecular flexibility index (Phi) is 5.12. The molecular weight excluding hydrogens is 344 g/mol. The number of carbonyl (C=O) groups is 2. The molecule has 0 unspecified atom stereocenters. The van der Waals surface area contributed by atoms with Crippen molar-refractivity contribution in [3.63, 3.8) is 0 Å². The monoisotopic (exact) mass is 374 g/mol. The summed E-state index contributed by atoms with van der Waals surface area (Å²) in [4.78, 5) is 40.0. The first-order valence-corrected chi connectivity index (χ1v) is 9.53. The van der Waals surface area contributed by atoms with Crippen molar-refractivity contribution in [2.75, 3.05) is 31.1 Å². The number of rotatable bonds is 1. The average molecular weight is 374 g/mol. The first-order chi connectivity index (χ1) is 12.6. The van der Waals surface area contributed by atoms with Crippen LogP contribution in [-0.4, -0.2) is 74.9 Å². The van der Waals surface area contributed by atoms with E-state index in [-0.39, 0.29) is 6.04 Å². The number of piperidine rings is 1. The molecule has 0 atom stereocenters. The van der Waals surface area contributed by atoms with Crippen LogP contribution in [0.15, 0.2) is 18.5 Å². The predicted octanol–water partition coefficient (Wildman–Crippen LogP) is 0.632. The van der Waals surface area contributed by atoms with Gasteiger partial charge in [-0.1, -0.05) is 0 Å². The number of nitrogens with zero attached hydrogens (tertiary/aromatic N) is 5. The highest BCUT2D eigenvalue weighted by atomic mass is 16.2. The van der Waals surface area contributed by atoms with Gasteiger partial charge in [0.15, 0.2) is 0 Å². The first-order valence-electron chi connectivity index (χ1n) is 9.53. The van der Waals surface area contributed by atoms with Gasteiger partial charge in [0.25, 0.3) is 0 Å². The second kappa shape index (κ2) is 7.07. The van der Waals surface area contributed by atoms with Crippen molar-refractivity contribution >= 4 is 17.8 Å². The molecule has 1 aromatic rings. The van der Waals surface area contributed by atoms with Gasteiger partial charge in [-0.15, -0.1) is 0 Å². The van der Waals surface area contributed by atoms with Gasteiger partial charge in [0.1, 0.15) is 0 Å². The minimum absolute atomic E-state index is 0.0311. The maximum absolute atomic E-state index is 13.1. The van der Waals surface area contributed by atoms with Crippen LogP contribution in [0.25, 0.3) is 0 Å². The molecule has 1 aromatic heterocycles. The van der Waals surface area contributed by atoms with E-state index in [1.807, 2.05) is 32.6 Å². The van der Waals surface area contributed by atoms with Gasteiger partial charge in [0.2, 0.25) is 5.95 Å². The van der Waals surface area contributed by atoms with Crippen LogP contribution in [0.2, 0.25) is 0 Å². The van der Waals surface area contributed by atoms with Crippen molar-refractivity contribution in [3.8, 4) is 0 Å². The molecule has 0 aliphatic carbocycles. The maximum atomic E-state index is 13.1. The molecule has 3 heterocycles. The van der Waals surface area contributed by atoms with Gasteiger partial charge < -0.3 is 20.4 Å². The van der Waals surface area contributed by atoms with Gasteiger partial charge in [-0.2, -0.15) is 0 Å². The van der Waals surface area contributed by atoms with Crippen LogP contribution in [-0.2, 0) is 9.59 Å². The summed E-state index contributed by atoms with van der Waals surface area (Å²) in [5.74, 6) is -0.204. The molecule has 2 fully saturated rings. The zero-order chi connectivity index (χ0) is 19.8. The van der Waals surface area contributed by atoms with Crippen LogP contribution in [0.5, 0.6) is 0 Å². The van der Waals surface area contributed by atoms with E-state index < -0.39 is 22.9 Å². The number of likely N-dealkylation sites (tertiary alicyclic amines) is 1. The fraction of sp³-hybridized carbons (Fsp3) is 0.684. The van der Waals surface area contributed by atoms with Crippen LogP contribution < -0.4 is 10.6 Å². The Morgan fingerprint density at radius 2 is 1.48 bits per heavy atom. The minimum atomic E-state index is -0.451. The Morgan fingerprint density at radius 3 is 2.00 bits per heavy atom. The molecule has 2 amide bonds. The summed E-state index contributed by atoms with van der Waals surface area (Å²) in [5.41, 5.74) is 5.29. The molecule has 0 bridgehead atoms. The largest absolute Gasteiger partial charge is 0.337 e. The van der Waals surface area contributed by atoms with Gasteiger partial charge in [-0.3, -0.25) is 9.59 Å². The second-order valence-corrected chi connectivity index (χ2v) is 8.76. The van der Waals surface area contributed by atoms with E-state index in [9.17, 15) is 9.59 Å². The van der Waals surface area contributed by atoms with Crippen molar-refractivity contribution in [2.24, 2.45) is 5.73 Å². The third-order valence-electron chi connectivity index (χ3n) is 5.52. The fourth-order valence-electron chi connectivity index (χ4n) is 4.70. The van der Waals surface area contributed by atoms with E-state index in [0.717, 1.165) is 0 Å². The Hall–Kier alpha value is -2.22. The molecule has 0 saturated carbocycles. The Labute approximate surface area is 160 Å². The van der Waals surface area contributed by atoms with Gasteiger partial charge in [0.05, 0.1) is 0 Å². The smallest absolute Gasteiger partial charge is 0.312 e. The van der Waals surface area contributed by atoms with Crippen LogP contribution in [0.4, 0.5) is 5.95 Å². The third kappa shape index (κ3) is 3.90. The number of carbonyl (C=O) groups excluding carboxylic acids is 2. The second-order valence-electron chi connectivity index (χ2n) is 8.76. The highest BCUT2D eigenvalue weighted by Gasteiger charge is 2.49. The van der Waals surface area contributed by atoms with Crippen LogP contribution in [0.1, 0.15) is 40.5 Å². The van der Waals surface area contributed by atoms with Crippen LogP contribution in [0.3, 0.4) is 0 Å². The van der Waals surface area contributed by atoms with Crippen molar-refractivity contribution < 1.29 is 9.59 Å². The molecule has 3 rings (SSSR count). The summed E-state index contributed by atoms with van der Waals surface area (Å²) in [5, 5.41) is 0.